The third-order valence-electron chi connectivity index (χ3n) is 2.35. The van der Waals surface area contributed by atoms with Gasteiger partial charge in [-0.05, 0) is 13.8 Å². The summed E-state index contributed by atoms with van der Waals surface area (Å²) in [6.45, 7) is 4.10. The third kappa shape index (κ3) is 2.70. The summed E-state index contributed by atoms with van der Waals surface area (Å²) in [5.41, 5.74) is 7.04. The van der Waals surface area contributed by atoms with Crippen molar-refractivity contribution >= 4 is 34.9 Å². The van der Waals surface area contributed by atoms with E-state index in [1.165, 1.54) is 27.1 Å². The molecule has 2 rings (SSSR count). The highest BCUT2D eigenvalue weighted by Crippen LogP contribution is 2.40. The molecule has 1 aromatic heterocycles. The van der Waals surface area contributed by atoms with E-state index >= 15 is 0 Å². The Hall–Kier alpha value is 0.290. The largest absolute Gasteiger partial charge is 0.323 e. The normalized spacial score (nSPS) is 24.1. The Morgan fingerprint density at radius 2 is 2.27 bits per heavy atom. The van der Waals surface area contributed by atoms with Crippen LogP contribution in [-0.4, -0.2) is 22.2 Å². The Bertz CT molecular complexity index is 329. The van der Waals surface area contributed by atoms with Crippen molar-refractivity contribution in [3.63, 3.8) is 0 Å². The van der Waals surface area contributed by atoms with Gasteiger partial charge in [-0.25, -0.2) is 4.98 Å². The molecule has 2 atom stereocenters. The van der Waals surface area contributed by atoms with Crippen molar-refractivity contribution in [3.8, 4) is 0 Å². The molecule has 1 fully saturated rings. The lowest BCUT2D eigenvalue weighted by atomic mass is 10.2. The number of aryl methyl sites for hydroxylation is 1. The van der Waals surface area contributed by atoms with Crippen LogP contribution in [0.15, 0.2) is 0 Å². The van der Waals surface area contributed by atoms with E-state index in [1.54, 1.807) is 11.3 Å². The van der Waals surface area contributed by atoms with Gasteiger partial charge in [0.05, 0.1) is 10.9 Å². The van der Waals surface area contributed by atoms with Gasteiger partial charge in [-0.15, -0.1) is 23.1 Å². The van der Waals surface area contributed by atoms with Crippen LogP contribution in [0.3, 0.4) is 0 Å². The molecule has 2 nitrogen and oxygen atoms in total. The lowest BCUT2D eigenvalue weighted by Crippen LogP contribution is -2.05. The summed E-state index contributed by atoms with van der Waals surface area (Å²) >= 11 is 5.88. The van der Waals surface area contributed by atoms with Gasteiger partial charge in [0.15, 0.2) is 0 Å². The van der Waals surface area contributed by atoms with Crippen molar-refractivity contribution in [3.05, 3.63) is 15.6 Å². The number of nitrogens with zero attached hydrogens (tertiary/aromatic N) is 1. The molecular formula is C10H16N2S3. The summed E-state index contributed by atoms with van der Waals surface area (Å²) in [5.74, 6) is 3.74. The van der Waals surface area contributed by atoms with E-state index in [0.29, 0.717) is 5.25 Å². The van der Waals surface area contributed by atoms with Gasteiger partial charge < -0.3 is 5.73 Å². The molecule has 1 saturated heterocycles. The number of nitrogens with two attached hydrogens (primary N) is 1. The quantitative estimate of drug-likeness (QED) is 0.887. The molecular weight excluding hydrogens is 244 g/mol. The fraction of sp³-hybridized carbons (Fsp3) is 0.700. The first-order chi connectivity index (χ1) is 7.18. The second-order valence-electron chi connectivity index (χ2n) is 3.72. The second-order valence-corrected chi connectivity index (χ2v) is 7.25. The van der Waals surface area contributed by atoms with Gasteiger partial charge >= 0.3 is 0 Å². The topological polar surface area (TPSA) is 38.9 Å². The molecule has 0 bridgehead atoms. The molecule has 0 saturated carbocycles. The first-order valence-corrected chi connectivity index (χ1v) is 8.12. The monoisotopic (exact) mass is 260 g/mol. The van der Waals surface area contributed by atoms with Gasteiger partial charge in [-0.2, -0.15) is 11.8 Å². The SMILES string of the molecule is Cc1nc(C2CSCCS2)sc1C(C)N. The van der Waals surface area contributed by atoms with Crippen molar-refractivity contribution in [2.45, 2.75) is 25.1 Å². The molecule has 15 heavy (non-hydrogen) atoms. The zero-order chi connectivity index (χ0) is 10.8. The first-order valence-electron chi connectivity index (χ1n) is 5.10. The molecule has 2 unspecified atom stereocenters. The number of aromatic nitrogens is 1. The van der Waals surface area contributed by atoms with Crippen molar-refractivity contribution in [2.75, 3.05) is 17.3 Å². The van der Waals surface area contributed by atoms with E-state index in [4.69, 9.17) is 5.73 Å². The van der Waals surface area contributed by atoms with Gasteiger partial charge in [0.1, 0.15) is 5.01 Å². The maximum atomic E-state index is 5.92. The van der Waals surface area contributed by atoms with Crippen molar-refractivity contribution in [1.29, 1.82) is 0 Å². The molecule has 0 aliphatic carbocycles. The van der Waals surface area contributed by atoms with Gasteiger partial charge in [0, 0.05) is 28.2 Å². The highest BCUT2D eigenvalue weighted by Gasteiger charge is 2.21. The lowest BCUT2D eigenvalue weighted by molar-refractivity contribution is 0.824. The zero-order valence-electron chi connectivity index (χ0n) is 9.03. The van der Waals surface area contributed by atoms with Crippen LogP contribution < -0.4 is 5.73 Å². The number of thiazole rings is 1. The standard InChI is InChI=1S/C10H16N2S3/c1-6(11)9-7(2)12-10(15-9)8-5-13-3-4-14-8/h6,8H,3-5,11H2,1-2H3. The summed E-state index contributed by atoms with van der Waals surface area (Å²) in [7, 11) is 0. The molecule has 0 amide bonds. The molecule has 0 radical (unpaired) electrons. The highest BCUT2D eigenvalue weighted by atomic mass is 32.2. The molecule has 1 aromatic rings. The Kier molecular flexibility index (Phi) is 3.98. The van der Waals surface area contributed by atoms with Crippen LogP contribution in [0.4, 0.5) is 0 Å². The van der Waals surface area contributed by atoms with E-state index in [0.717, 1.165) is 5.69 Å². The molecule has 1 aliphatic heterocycles. The van der Waals surface area contributed by atoms with Crippen LogP contribution in [0.1, 0.15) is 33.8 Å². The summed E-state index contributed by atoms with van der Waals surface area (Å²) in [5, 5.41) is 1.87. The predicted octanol–water partition coefficient (Wildman–Crippen LogP) is 2.99. The second kappa shape index (κ2) is 5.08. The highest BCUT2D eigenvalue weighted by molar-refractivity contribution is 8.06. The first kappa shape index (κ1) is 11.8. The predicted molar refractivity (Wildman–Crippen MR) is 72.0 cm³/mol. The van der Waals surface area contributed by atoms with Gasteiger partial charge in [0.2, 0.25) is 0 Å². The summed E-state index contributed by atoms with van der Waals surface area (Å²) in [6, 6.07) is 0.123. The Morgan fingerprint density at radius 3 is 2.80 bits per heavy atom. The van der Waals surface area contributed by atoms with Crippen LogP contribution in [0.25, 0.3) is 0 Å². The average Bonchev–Trinajstić information content (AvgIpc) is 2.62. The Morgan fingerprint density at radius 1 is 1.47 bits per heavy atom. The maximum absolute atomic E-state index is 5.92. The van der Waals surface area contributed by atoms with Crippen LogP contribution in [-0.2, 0) is 0 Å². The van der Waals surface area contributed by atoms with Crippen LogP contribution >= 0.6 is 34.9 Å². The summed E-state index contributed by atoms with van der Waals surface area (Å²) in [4.78, 5) is 5.91. The smallest absolute Gasteiger partial charge is 0.107 e. The van der Waals surface area contributed by atoms with E-state index in [1.807, 2.05) is 30.4 Å². The Labute approximate surface area is 103 Å². The van der Waals surface area contributed by atoms with E-state index in [9.17, 15) is 0 Å². The van der Waals surface area contributed by atoms with E-state index in [2.05, 4.69) is 11.9 Å². The van der Waals surface area contributed by atoms with Gasteiger partial charge in [0.25, 0.3) is 0 Å². The fourth-order valence-electron chi connectivity index (χ4n) is 1.62. The number of rotatable bonds is 2. The average molecular weight is 260 g/mol. The molecule has 0 spiro atoms. The minimum absolute atomic E-state index is 0.123. The molecule has 0 aromatic carbocycles. The van der Waals surface area contributed by atoms with Crippen LogP contribution in [0.5, 0.6) is 0 Å². The number of thioether (sulfide) groups is 2. The van der Waals surface area contributed by atoms with Gasteiger partial charge in [-0.1, -0.05) is 0 Å². The number of hydrogen-bond donors (Lipinski definition) is 1. The van der Waals surface area contributed by atoms with Crippen LogP contribution in [0.2, 0.25) is 0 Å². The fourth-order valence-corrected chi connectivity index (χ4v) is 5.62. The third-order valence-corrected chi connectivity index (χ3v) is 6.74. The minimum Gasteiger partial charge on any atom is -0.323 e. The lowest BCUT2D eigenvalue weighted by Gasteiger charge is -2.18. The van der Waals surface area contributed by atoms with E-state index in [-0.39, 0.29) is 6.04 Å². The number of hydrogen-bond acceptors (Lipinski definition) is 5. The van der Waals surface area contributed by atoms with Crippen molar-refractivity contribution in [2.24, 2.45) is 5.73 Å². The molecule has 5 heteroatoms. The molecule has 84 valence electrons. The molecule has 1 aliphatic rings. The molecule has 2 heterocycles. The van der Waals surface area contributed by atoms with Gasteiger partial charge in [-0.3, -0.25) is 0 Å². The molecule has 2 N–H and O–H groups in total. The van der Waals surface area contributed by atoms with Crippen molar-refractivity contribution < 1.29 is 0 Å². The van der Waals surface area contributed by atoms with E-state index < -0.39 is 0 Å². The minimum atomic E-state index is 0.123. The maximum Gasteiger partial charge on any atom is 0.107 e. The Balaban J connectivity index is 2.17. The summed E-state index contributed by atoms with van der Waals surface area (Å²) < 4.78 is 0. The zero-order valence-corrected chi connectivity index (χ0v) is 11.5. The van der Waals surface area contributed by atoms with Crippen molar-refractivity contribution in [1.82, 2.24) is 4.98 Å². The van der Waals surface area contributed by atoms with Crippen LogP contribution in [0, 0.1) is 6.92 Å². The summed E-state index contributed by atoms with van der Waals surface area (Å²) in [6.07, 6.45) is 0.